The van der Waals surface area contributed by atoms with E-state index in [9.17, 15) is 0 Å². The molecule has 2 rings (SSSR count). The van der Waals surface area contributed by atoms with Crippen molar-refractivity contribution >= 4 is 0 Å². The molecule has 1 aliphatic heterocycles. The van der Waals surface area contributed by atoms with Crippen molar-refractivity contribution in [2.24, 2.45) is 0 Å². The molecule has 0 aromatic heterocycles. The zero-order valence-electron chi connectivity index (χ0n) is 10.4. The number of rotatable bonds is 3. The first kappa shape index (κ1) is 11.6. The van der Waals surface area contributed by atoms with Gasteiger partial charge in [-0.15, -0.1) is 0 Å². The molecule has 1 heterocycles. The maximum Gasteiger partial charge on any atom is 0.0252 e. The number of hydrogen-bond donors (Lipinski definition) is 1. The molecule has 0 aliphatic carbocycles. The fourth-order valence-electron chi connectivity index (χ4n) is 2.37. The second-order valence-electron chi connectivity index (χ2n) is 5.32. The Labute approximate surface area is 98.7 Å². The van der Waals surface area contributed by atoms with E-state index in [1.165, 1.54) is 18.7 Å². The second-order valence-corrected chi connectivity index (χ2v) is 5.32. The molecule has 0 saturated carbocycles. The lowest BCUT2D eigenvalue weighted by atomic mass is 10.0. The summed E-state index contributed by atoms with van der Waals surface area (Å²) >= 11 is 0. The van der Waals surface area contributed by atoms with Crippen molar-refractivity contribution in [2.75, 3.05) is 26.2 Å². The molecule has 0 spiro atoms. The van der Waals surface area contributed by atoms with Gasteiger partial charge < -0.3 is 5.32 Å². The highest BCUT2D eigenvalue weighted by Crippen LogP contribution is 2.11. The third-order valence-corrected chi connectivity index (χ3v) is 3.21. The summed E-state index contributed by atoms with van der Waals surface area (Å²) in [6.07, 6.45) is 1.16. The van der Waals surface area contributed by atoms with Crippen molar-refractivity contribution in [1.29, 1.82) is 0 Å². The lowest BCUT2D eigenvalue weighted by Gasteiger charge is -2.39. The van der Waals surface area contributed by atoms with Gasteiger partial charge in [-0.2, -0.15) is 0 Å². The number of benzene rings is 1. The van der Waals surface area contributed by atoms with E-state index >= 15 is 0 Å². The first-order valence-corrected chi connectivity index (χ1v) is 6.17. The van der Waals surface area contributed by atoms with Crippen molar-refractivity contribution in [3.8, 4) is 0 Å². The Hall–Kier alpha value is -0.860. The van der Waals surface area contributed by atoms with Crippen molar-refractivity contribution in [3.05, 3.63) is 35.9 Å². The van der Waals surface area contributed by atoms with Gasteiger partial charge in [-0.25, -0.2) is 0 Å². The Morgan fingerprint density at radius 2 is 2.00 bits per heavy atom. The molecule has 1 aromatic carbocycles. The number of piperazine rings is 1. The molecule has 0 radical (unpaired) electrons. The largest absolute Gasteiger partial charge is 0.309 e. The van der Waals surface area contributed by atoms with Crippen molar-refractivity contribution in [2.45, 2.75) is 25.8 Å². The predicted octanol–water partition coefficient (Wildman–Crippen LogP) is 1.91. The third-order valence-electron chi connectivity index (χ3n) is 3.21. The summed E-state index contributed by atoms with van der Waals surface area (Å²) in [6, 6.07) is 10.8. The predicted molar refractivity (Wildman–Crippen MR) is 68.7 cm³/mol. The van der Waals surface area contributed by atoms with Crippen LogP contribution in [-0.2, 0) is 6.42 Å². The zero-order valence-corrected chi connectivity index (χ0v) is 10.4. The zero-order chi connectivity index (χ0) is 11.4. The van der Waals surface area contributed by atoms with E-state index in [-0.39, 0.29) is 5.54 Å². The van der Waals surface area contributed by atoms with E-state index < -0.39 is 0 Å². The van der Waals surface area contributed by atoms with Crippen LogP contribution < -0.4 is 5.32 Å². The van der Waals surface area contributed by atoms with E-state index in [4.69, 9.17) is 0 Å². The van der Waals surface area contributed by atoms with Gasteiger partial charge in [0, 0.05) is 31.7 Å². The monoisotopic (exact) mass is 218 g/mol. The van der Waals surface area contributed by atoms with E-state index in [1.54, 1.807) is 0 Å². The molecule has 0 bridgehead atoms. The molecule has 1 saturated heterocycles. The molecule has 1 fully saturated rings. The molecule has 1 aliphatic rings. The highest BCUT2D eigenvalue weighted by Gasteiger charge is 2.24. The Bertz CT molecular complexity index is 319. The average Bonchev–Trinajstić information content (AvgIpc) is 2.27. The Kier molecular flexibility index (Phi) is 3.62. The SMILES string of the molecule is CC1(C)CN(CCc2ccccc2)CCN1. The van der Waals surface area contributed by atoms with Gasteiger partial charge >= 0.3 is 0 Å². The highest BCUT2D eigenvalue weighted by molar-refractivity contribution is 5.14. The van der Waals surface area contributed by atoms with Crippen LogP contribution in [0.15, 0.2) is 30.3 Å². The van der Waals surface area contributed by atoms with Crippen LogP contribution in [0, 0.1) is 0 Å². The van der Waals surface area contributed by atoms with Crippen LogP contribution in [0.4, 0.5) is 0 Å². The minimum atomic E-state index is 0.273. The molecule has 88 valence electrons. The third kappa shape index (κ3) is 3.32. The summed E-state index contributed by atoms with van der Waals surface area (Å²) in [7, 11) is 0. The molecule has 1 aromatic rings. The Balaban J connectivity index is 1.82. The van der Waals surface area contributed by atoms with Crippen LogP contribution in [0.2, 0.25) is 0 Å². The first-order chi connectivity index (χ1) is 7.66. The van der Waals surface area contributed by atoms with E-state index in [2.05, 4.69) is 54.4 Å². The summed E-state index contributed by atoms with van der Waals surface area (Å²) in [5, 5.41) is 3.54. The molecule has 2 nitrogen and oxygen atoms in total. The maximum atomic E-state index is 3.54. The van der Waals surface area contributed by atoms with E-state index in [0.717, 1.165) is 19.5 Å². The second kappa shape index (κ2) is 4.98. The van der Waals surface area contributed by atoms with Crippen LogP contribution in [0.3, 0.4) is 0 Å². The minimum absolute atomic E-state index is 0.273. The molecule has 1 N–H and O–H groups in total. The topological polar surface area (TPSA) is 15.3 Å². The van der Waals surface area contributed by atoms with Crippen molar-refractivity contribution < 1.29 is 0 Å². The minimum Gasteiger partial charge on any atom is -0.309 e. The number of nitrogens with zero attached hydrogens (tertiary/aromatic N) is 1. The van der Waals surface area contributed by atoms with Crippen molar-refractivity contribution in [3.63, 3.8) is 0 Å². The molecular weight excluding hydrogens is 196 g/mol. The fraction of sp³-hybridized carbons (Fsp3) is 0.571. The standard InChI is InChI=1S/C14H22N2/c1-14(2)12-16(11-9-15-14)10-8-13-6-4-3-5-7-13/h3-7,15H,8-12H2,1-2H3. The van der Waals surface area contributed by atoms with Gasteiger partial charge in [-0.05, 0) is 25.8 Å². The van der Waals surface area contributed by atoms with E-state index in [0.29, 0.717) is 0 Å². The first-order valence-electron chi connectivity index (χ1n) is 6.17. The number of hydrogen-bond acceptors (Lipinski definition) is 2. The van der Waals surface area contributed by atoms with Crippen LogP contribution in [0.5, 0.6) is 0 Å². The lowest BCUT2D eigenvalue weighted by Crippen LogP contribution is -2.57. The summed E-state index contributed by atoms with van der Waals surface area (Å²) in [4.78, 5) is 2.56. The average molecular weight is 218 g/mol. The summed E-state index contributed by atoms with van der Waals surface area (Å²) in [5.41, 5.74) is 1.72. The lowest BCUT2D eigenvalue weighted by molar-refractivity contribution is 0.156. The van der Waals surface area contributed by atoms with Gasteiger partial charge in [-0.3, -0.25) is 4.90 Å². The van der Waals surface area contributed by atoms with E-state index in [1.807, 2.05) is 0 Å². The molecule has 2 heteroatoms. The van der Waals surface area contributed by atoms with Gasteiger partial charge in [-0.1, -0.05) is 30.3 Å². The molecule has 0 amide bonds. The van der Waals surface area contributed by atoms with Gasteiger partial charge in [0.2, 0.25) is 0 Å². The quantitative estimate of drug-likeness (QED) is 0.834. The maximum absolute atomic E-state index is 3.54. The smallest absolute Gasteiger partial charge is 0.0252 e. The molecule has 0 unspecified atom stereocenters. The van der Waals surface area contributed by atoms with Crippen LogP contribution in [0.25, 0.3) is 0 Å². The van der Waals surface area contributed by atoms with Gasteiger partial charge in [0.1, 0.15) is 0 Å². The number of nitrogens with one attached hydrogen (secondary N) is 1. The summed E-state index contributed by atoms with van der Waals surface area (Å²) in [5.74, 6) is 0. The van der Waals surface area contributed by atoms with Gasteiger partial charge in [0.25, 0.3) is 0 Å². The van der Waals surface area contributed by atoms with Crippen LogP contribution in [-0.4, -0.2) is 36.6 Å². The molecule has 16 heavy (non-hydrogen) atoms. The molecular formula is C14H22N2. The van der Waals surface area contributed by atoms with Gasteiger partial charge in [0.05, 0.1) is 0 Å². The highest BCUT2D eigenvalue weighted by atomic mass is 15.2. The van der Waals surface area contributed by atoms with Crippen LogP contribution >= 0.6 is 0 Å². The molecule has 0 atom stereocenters. The normalized spacial score (nSPS) is 20.9. The van der Waals surface area contributed by atoms with Crippen molar-refractivity contribution in [1.82, 2.24) is 10.2 Å². The fourth-order valence-corrected chi connectivity index (χ4v) is 2.37. The Morgan fingerprint density at radius 3 is 2.69 bits per heavy atom. The van der Waals surface area contributed by atoms with Gasteiger partial charge in [0.15, 0.2) is 0 Å². The Morgan fingerprint density at radius 1 is 1.25 bits per heavy atom. The van der Waals surface area contributed by atoms with Crippen LogP contribution in [0.1, 0.15) is 19.4 Å². The summed E-state index contributed by atoms with van der Waals surface area (Å²) < 4.78 is 0. The summed E-state index contributed by atoms with van der Waals surface area (Å²) in [6.45, 7) is 9.18.